The van der Waals surface area contributed by atoms with E-state index in [1.165, 1.54) is 11.6 Å². The Labute approximate surface area is 128 Å². The van der Waals surface area contributed by atoms with E-state index in [1.54, 1.807) is 19.2 Å². The number of hydrogen-bond acceptors (Lipinski definition) is 2. The average molecular weight is 306 g/mol. The van der Waals surface area contributed by atoms with Crippen molar-refractivity contribution >= 4 is 17.3 Å². The Kier molecular flexibility index (Phi) is 4.02. The smallest absolute Gasteiger partial charge is 0.146 e. The first-order chi connectivity index (χ1) is 10.2. The lowest BCUT2D eigenvalue weighted by Gasteiger charge is -2.37. The second-order valence-corrected chi connectivity index (χ2v) is 5.85. The molecule has 0 aliphatic heterocycles. The molecule has 0 radical (unpaired) electrons. The van der Waals surface area contributed by atoms with Crippen LogP contribution in [0, 0.1) is 5.82 Å². The van der Waals surface area contributed by atoms with Crippen molar-refractivity contribution in [3.63, 3.8) is 0 Å². The highest BCUT2D eigenvalue weighted by Crippen LogP contribution is 2.39. The summed E-state index contributed by atoms with van der Waals surface area (Å²) in [7, 11) is 1.67. The first-order valence-electron chi connectivity index (χ1n) is 7.01. The van der Waals surface area contributed by atoms with Gasteiger partial charge in [0, 0.05) is 11.1 Å². The lowest BCUT2D eigenvalue weighted by Crippen LogP contribution is -2.34. The number of hydrogen-bond donors (Lipinski definition) is 1. The zero-order chi connectivity index (χ0) is 14.8. The van der Waals surface area contributed by atoms with Crippen LogP contribution in [-0.2, 0) is 0 Å². The molecule has 1 aliphatic rings. The summed E-state index contributed by atoms with van der Waals surface area (Å²) in [6, 6.07) is 13.0. The van der Waals surface area contributed by atoms with Crippen molar-refractivity contribution in [2.45, 2.75) is 24.8 Å². The predicted octanol–water partition coefficient (Wildman–Crippen LogP) is 4.85. The SMILES string of the molecule is COc1cccc(C2CC(Nc3cc(Cl)ccc3F)C2)c1. The summed E-state index contributed by atoms with van der Waals surface area (Å²) in [5, 5.41) is 3.77. The maximum atomic E-state index is 13.7. The van der Waals surface area contributed by atoms with Crippen LogP contribution in [0.5, 0.6) is 5.75 Å². The quantitative estimate of drug-likeness (QED) is 0.872. The Morgan fingerprint density at radius 2 is 2.00 bits per heavy atom. The molecule has 0 amide bonds. The number of halogens is 2. The maximum absolute atomic E-state index is 13.7. The normalized spacial score (nSPS) is 20.7. The van der Waals surface area contributed by atoms with Crippen LogP contribution < -0.4 is 10.1 Å². The molecule has 110 valence electrons. The minimum absolute atomic E-state index is 0.260. The summed E-state index contributed by atoms with van der Waals surface area (Å²) in [4.78, 5) is 0. The third kappa shape index (κ3) is 3.13. The molecular formula is C17H17ClFNO. The molecule has 1 N–H and O–H groups in total. The second kappa shape index (κ2) is 5.94. The molecule has 1 aliphatic carbocycles. The highest BCUT2D eigenvalue weighted by Gasteiger charge is 2.30. The molecule has 3 rings (SSSR count). The van der Waals surface area contributed by atoms with E-state index >= 15 is 0 Å². The van der Waals surface area contributed by atoms with Crippen LogP contribution in [0.25, 0.3) is 0 Å². The van der Waals surface area contributed by atoms with Gasteiger partial charge in [-0.2, -0.15) is 0 Å². The van der Waals surface area contributed by atoms with E-state index in [0.717, 1.165) is 18.6 Å². The summed E-state index contributed by atoms with van der Waals surface area (Å²) in [5.41, 5.74) is 1.76. The van der Waals surface area contributed by atoms with Gasteiger partial charge in [0.15, 0.2) is 0 Å². The van der Waals surface area contributed by atoms with Crippen molar-refractivity contribution in [2.75, 3.05) is 12.4 Å². The molecule has 2 nitrogen and oxygen atoms in total. The van der Waals surface area contributed by atoms with Crippen molar-refractivity contribution in [3.05, 3.63) is 58.9 Å². The highest BCUT2D eigenvalue weighted by molar-refractivity contribution is 6.30. The Hall–Kier alpha value is -1.74. The number of anilines is 1. The van der Waals surface area contributed by atoms with Gasteiger partial charge in [0.1, 0.15) is 11.6 Å². The fraction of sp³-hybridized carbons (Fsp3) is 0.294. The van der Waals surface area contributed by atoms with E-state index in [2.05, 4.69) is 17.4 Å². The molecule has 0 aromatic heterocycles. The Morgan fingerprint density at radius 3 is 2.76 bits per heavy atom. The average Bonchev–Trinajstić information content (AvgIpc) is 2.46. The molecule has 1 fully saturated rings. The van der Waals surface area contributed by atoms with Gasteiger partial charge in [-0.05, 0) is 54.7 Å². The Morgan fingerprint density at radius 1 is 1.19 bits per heavy atom. The van der Waals surface area contributed by atoms with Crippen LogP contribution in [0.2, 0.25) is 5.02 Å². The van der Waals surface area contributed by atoms with E-state index in [4.69, 9.17) is 16.3 Å². The molecule has 0 saturated heterocycles. The standard InChI is InChI=1S/C17H17ClFNO/c1-21-15-4-2-3-11(9-15)12-7-14(8-12)20-17-10-13(18)5-6-16(17)19/h2-6,9-10,12,14,20H,7-8H2,1H3. The van der Waals surface area contributed by atoms with Gasteiger partial charge in [-0.3, -0.25) is 0 Å². The summed E-state index contributed by atoms with van der Waals surface area (Å²) < 4.78 is 18.9. The zero-order valence-electron chi connectivity index (χ0n) is 11.8. The molecule has 0 spiro atoms. The largest absolute Gasteiger partial charge is 0.497 e. The minimum atomic E-state index is -0.260. The second-order valence-electron chi connectivity index (χ2n) is 5.41. The molecule has 2 aromatic carbocycles. The van der Waals surface area contributed by atoms with Crippen molar-refractivity contribution in [3.8, 4) is 5.75 Å². The lowest BCUT2D eigenvalue weighted by atomic mass is 9.75. The minimum Gasteiger partial charge on any atom is -0.497 e. The van der Waals surface area contributed by atoms with Crippen LogP contribution in [0.15, 0.2) is 42.5 Å². The topological polar surface area (TPSA) is 21.3 Å². The predicted molar refractivity (Wildman–Crippen MR) is 83.8 cm³/mol. The summed E-state index contributed by atoms with van der Waals surface area (Å²) in [6.45, 7) is 0. The summed E-state index contributed by atoms with van der Waals surface area (Å²) in [5.74, 6) is 1.12. The van der Waals surface area contributed by atoms with Gasteiger partial charge >= 0.3 is 0 Å². The number of benzene rings is 2. The van der Waals surface area contributed by atoms with Crippen molar-refractivity contribution < 1.29 is 9.13 Å². The lowest BCUT2D eigenvalue weighted by molar-refractivity contribution is 0.369. The van der Waals surface area contributed by atoms with Gasteiger partial charge in [0.25, 0.3) is 0 Å². The molecule has 0 heterocycles. The molecule has 0 atom stereocenters. The molecule has 1 saturated carbocycles. The van der Waals surface area contributed by atoms with Gasteiger partial charge in [0.05, 0.1) is 12.8 Å². The van der Waals surface area contributed by atoms with E-state index in [9.17, 15) is 4.39 Å². The van der Waals surface area contributed by atoms with Crippen molar-refractivity contribution in [2.24, 2.45) is 0 Å². The molecular weight excluding hydrogens is 289 g/mol. The summed E-state index contributed by atoms with van der Waals surface area (Å²) >= 11 is 5.90. The number of ether oxygens (including phenoxy) is 1. The van der Waals surface area contributed by atoms with Gasteiger partial charge < -0.3 is 10.1 Å². The Bertz CT molecular complexity index is 640. The van der Waals surface area contributed by atoms with Gasteiger partial charge in [-0.1, -0.05) is 23.7 Å². The van der Waals surface area contributed by atoms with E-state index < -0.39 is 0 Å². The fourth-order valence-corrected chi connectivity index (χ4v) is 2.90. The van der Waals surface area contributed by atoms with Gasteiger partial charge in [-0.15, -0.1) is 0 Å². The first-order valence-corrected chi connectivity index (χ1v) is 7.39. The Balaban J connectivity index is 1.61. The highest BCUT2D eigenvalue weighted by atomic mass is 35.5. The molecule has 2 aromatic rings. The van der Waals surface area contributed by atoms with Crippen LogP contribution in [0.4, 0.5) is 10.1 Å². The van der Waals surface area contributed by atoms with Crippen LogP contribution in [0.3, 0.4) is 0 Å². The fourth-order valence-electron chi connectivity index (χ4n) is 2.73. The molecule has 4 heteroatoms. The van der Waals surface area contributed by atoms with Crippen molar-refractivity contribution in [1.29, 1.82) is 0 Å². The molecule has 21 heavy (non-hydrogen) atoms. The molecule has 0 bridgehead atoms. The van der Waals surface area contributed by atoms with Crippen molar-refractivity contribution in [1.82, 2.24) is 0 Å². The third-order valence-electron chi connectivity index (χ3n) is 3.99. The van der Waals surface area contributed by atoms with Gasteiger partial charge in [0.2, 0.25) is 0 Å². The monoisotopic (exact) mass is 305 g/mol. The zero-order valence-corrected chi connectivity index (χ0v) is 12.5. The maximum Gasteiger partial charge on any atom is 0.146 e. The number of methoxy groups -OCH3 is 1. The molecule has 0 unspecified atom stereocenters. The van der Waals surface area contributed by atoms with E-state index in [1.807, 2.05) is 12.1 Å². The summed E-state index contributed by atoms with van der Waals surface area (Å²) in [6.07, 6.45) is 1.97. The van der Waals surface area contributed by atoms with Crippen LogP contribution in [-0.4, -0.2) is 13.2 Å². The number of rotatable bonds is 4. The van der Waals surface area contributed by atoms with E-state index in [0.29, 0.717) is 16.6 Å². The first kappa shape index (κ1) is 14.2. The van der Waals surface area contributed by atoms with E-state index in [-0.39, 0.29) is 11.9 Å². The third-order valence-corrected chi connectivity index (χ3v) is 4.23. The van der Waals surface area contributed by atoms with Crippen LogP contribution in [0.1, 0.15) is 24.3 Å². The van der Waals surface area contributed by atoms with Gasteiger partial charge in [-0.25, -0.2) is 4.39 Å². The van der Waals surface area contributed by atoms with Crippen LogP contribution >= 0.6 is 11.6 Å². The number of nitrogens with one attached hydrogen (secondary N) is 1.